The van der Waals surface area contributed by atoms with Crippen LogP contribution in [0, 0.1) is 0 Å². The molecule has 2 atom stereocenters. The number of esters is 1. The van der Waals surface area contributed by atoms with Gasteiger partial charge in [0.2, 0.25) is 5.91 Å². The van der Waals surface area contributed by atoms with Gasteiger partial charge in [0.25, 0.3) is 0 Å². The summed E-state index contributed by atoms with van der Waals surface area (Å²) < 4.78 is 10.8. The van der Waals surface area contributed by atoms with Crippen molar-refractivity contribution in [2.45, 2.75) is 238 Å². The number of carbonyl (C=O) groups excluding carboxylic acids is 2. The Labute approximate surface area is 366 Å². The molecule has 7 heteroatoms. The number of allylic oxidation sites excluding steroid dienone is 3. The standard InChI is InChI=1S/C53H87NO6/c1-3-5-7-9-11-13-15-17-19-20-21-22-23-24-25-27-29-31-33-35-37-43-51(56)54-48(45-59-52(57)47-44-46-40-38-39-42-50(46)60-53(47)58)49(55)41-36-34-32-30-28-26-18-16-14-12-10-8-6-4-2/h17,19,36,38-42,44,48-49,55H,3-16,18,20-35,37,43,45H2,1-2H3,(H,54,56)/b19-17-,41-36+/t48-,49+/m1/s1. The van der Waals surface area contributed by atoms with E-state index in [1.165, 1.54) is 173 Å². The quantitative estimate of drug-likeness (QED) is 0.0300. The van der Waals surface area contributed by atoms with Crippen LogP contribution in [0.1, 0.15) is 236 Å². The molecule has 0 aliphatic rings. The predicted octanol–water partition coefficient (Wildman–Crippen LogP) is 14.8. The van der Waals surface area contributed by atoms with Crippen molar-refractivity contribution in [3.8, 4) is 0 Å². The van der Waals surface area contributed by atoms with Gasteiger partial charge >= 0.3 is 11.6 Å². The fourth-order valence-corrected chi connectivity index (χ4v) is 7.84. The number of carbonyl (C=O) groups is 2. The summed E-state index contributed by atoms with van der Waals surface area (Å²) in [5.74, 6) is -1.02. The number of aliphatic hydroxyl groups is 1. The molecule has 2 N–H and O–H groups in total. The number of hydrogen-bond donors (Lipinski definition) is 2. The first-order valence-corrected chi connectivity index (χ1v) is 24.9. The summed E-state index contributed by atoms with van der Waals surface area (Å²) in [5.41, 5.74) is -0.612. The highest BCUT2D eigenvalue weighted by atomic mass is 16.5. The minimum Gasteiger partial charge on any atom is -0.460 e. The molecule has 0 aliphatic carbocycles. The van der Waals surface area contributed by atoms with Crippen molar-refractivity contribution in [2.24, 2.45) is 0 Å². The maximum absolute atomic E-state index is 13.0. The summed E-state index contributed by atoms with van der Waals surface area (Å²) in [6.45, 7) is 4.26. The van der Waals surface area contributed by atoms with E-state index in [1.807, 2.05) is 6.08 Å². The van der Waals surface area contributed by atoms with Gasteiger partial charge in [-0.1, -0.05) is 217 Å². The smallest absolute Gasteiger partial charge is 0.351 e. The number of rotatable bonds is 40. The molecule has 2 rings (SSSR count). The van der Waals surface area contributed by atoms with E-state index in [4.69, 9.17) is 9.15 Å². The summed E-state index contributed by atoms with van der Waals surface area (Å²) in [7, 11) is 0. The lowest BCUT2D eigenvalue weighted by Crippen LogP contribution is -2.46. The van der Waals surface area contributed by atoms with Gasteiger partial charge in [-0.15, -0.1) is 0 Å². The fourth-order valence-electron chi connectivity index (χ4n) is 7.84. The lowest BCUT2D eigenvalue weighted by Gasteiger charge is -2.22. The van der Waals surface area contributed by atoms with E-state index in [0.717, 1.165) is 38.5 Å². The fraction of sp³-hybridized carbons (Fsp3) is 0.717. The lowest BCUT2D eigenvalue weighted by atomic mass is 10.0. The normalized spacial score (nSPS) is 12.8. The number of nitrogens with one attached hydrogen (secondary N) is 1. The van der Waals surface area contributed by atoms with Gasteiger partial charge in [-0.05, 0) is 57.1 Å². The van der Waals surface area contributed by atoms with Gasteiger partial charge in [0, 0.05) is 11.8 Å². The Morgan fingerprint density at radius 3 is 1.55 bits per heavy atom. The van der Waals surface area contributed by atoms with Crippen LogP contribution in [-0.2, 0) is 9.53 Å². The molecule has 340 valence electrons. The molecule has 0 fully saturated rings. The molecule has 1 heterocycles. The summed E-state index contributed by atoms with van der Waals surface area (Å²) in [4.78, 5) is 38.6. The number of ether oxygens (including phenoxy) is 1. The maximum atomic E-state index is 13.0. The Bertz CT molecular complexity index is 1460. The first-order valence-electron chi connectivity index (χ1n) is 24.9. The minimum absolute atomic E-state index is 0.178. The number of unbranched alkanes of at least 4 members (excludes halogenated alkanes) is 29. The average molecular weight is 834 g/mol. The van der Waals surface area contributed by atoms with Gasteiger partial charge in [0.1, 0.15) is 17.8 Å². The minimum atomic E-state index is -1.04. The van der Waals surface area contributed by atoms with Crippen LogP contribution in [0.5, 0.6) is 0 Å². The van der Waals surface area contributed by atoms with E-state index in [2.05, 4.69) is 31.3 Å². The largest absolute Gasteiger partial charge is 0.460 e. The number of benzene rings is 1. The predicted molar refractivity (Wildman–Crippen MR) is 253 cm³/mol. The second-order valence-corrected chi connectivity index (χ2v) is 17.3. The molecular weight excluding hydrogens is 747 g/mol. The van der Waals surface area contributed by atoms with Gasteiger partial charge < -0.3 is 19.6 Å². The second kappa shape index (κ2) is 37.6. The molecule has 60 heavy (non-hydrogen) atoms. The lowest BCUT2D eigenvalue weighted by molar-refractivity contribution is -0.123. The Balaban J connectivity index is 1.64. The average Bonchev–Trinajstić information content (AvgIpc) is 3.25. The van der Waals surface area contributed by atoms with Gasteiger partial charge in [-0.25, -0.2) is 9.59 Å². The van der Waals surface area contributed by atoms with Crippen molar-refractivity contribution in [1.82, 2.24) is 5.32 Å². The highest BCUT2D eigenvalue weighted by Gasteiger charge is 2.23. The Kier molecular flexibility index (Phi) is 33.1. The van der Waals surface area contributed by atoms with E-state index in [-0.39, 0.29) is 18.1 Å². The zero-order valence-electron chi connectivity index (χ0n) is 38.4. The second-order valence-electron chi connectivity index (χ2n) is 17.3. The molecule has 2 aromatic rings. The van der Waals surface area contributed by atoms with E-state index >= 15 is 0 Å². The number of fused-ring (bicyclic) bond motifs is 1. The molecule has 1 aromatic heterocycles. The highest BCUT2D eigenvalue weighted by molar-refractivity contribution is 5.92. The topological polar surface area (TPSA) is 106 Å². The third-order valence-electron chi connectivity index (χ3n) is 11.7. The van der Waals surface area contributed by atoms with Crippen molar-refractivity contribution in [1.29, 1.82) is 0 Å². The van der Waals surface area contributed by atoms with Crippen LogP contribution in [0.2, 0.25) is 0 Å². The Morgan fingerprint density at radius 2 is 1.05 bits per heavy atom. The van der Waals surface area contributed by atoms with Gasteiger partial charge in [0.15, 0.2) is 0 Å². The molecule has 0 spiro atoms. The first kappa shape index (κ1) is 52.9. The third-order valence-corrected chi connectivity index (χ3v) is 11.7. The molecule has 0 saturated heterocycles. The SMILES string of the molecule is CCCCCCCC/C=C\CCCCCCCCCCCCCC(=O)N[C@H](COC(=O)c1cc2ccccc2oc1=O)[C@@H](O)/C=C/CCCCCCCCCCCCCC. The van der Waals surface area contributed by atoms with Crippen molar-refractivity contribution in [3.05, 3.63) is 70.6 Å². The van der Waals surface area contributed by atoms with Crippen molar-refractivity contribution < 1.29 is 23.8 Å². The summed E-state index contributed by atoms with van der Waals surface area (Å²) in [6.07, 6.45) is 47.9. The van der Waals surface area contributed by atoms with Gasteiger partial charge in [-0.3, -0.25) is 4.79 Å². The zero-order chi connectivity index (χ0) is 43.1. The van der Waals surface area contributed by atoms with Crippen LogP contribution in [-0.4, -0.2) is 35.7 Å². The molecule has 7 nitrogen and oxygen atoms in total. The molecule has 0 bridgehead atoms. The summed E-state index contributed by atoms with van der Waals surface area (Å²) in [6, 6.07) is 7.59. The van der Waals surface area contributed by atoms with E-state index in [1.54, 1.807) is 30.3 Å². The van der Waals surface area contributed by atoms with Gasteiger partial charge in [-0.2, -0.15) is 0 Å². The number of aliphatic hydroxyl groups excluding tert-OH is 1. The molecule has 0 radical (unpaired) electrons. The number of para-hydroxylation sites is 1. The molecule has 0 saturated carbocycles. The monoisotopic (exact) mass is 834 g/mol. The third kappa shape index (κ3) is 27.6. The van der Waals surface area contributed by atoms with Crippen LogP contribution in [0.15, 0.2) is 63.8 Å². The maximum Gasteiger partial charge on any atom is 0.351 e. The molecule has 0 unspecified atom stereocenters. The first-order chi connectivity index (χ1) is 29.5. The van der Waals surface area contributed by atoms with Crippen LogP contribution >= 0.6 is 0 Å². The Morgan fingerprint density at radius 1 is 0.617 bits per heavy atom. The van der Waals surface area contributed by atoms with Crippen molar-refractivity contribution in [2.75, 3.05) is 6.61 Å². The molecule has 1 aromatic carbocycles. The van der Waals surface area contributed by atoms with Crippen LogP contribution in [0.3, 0.4) is 0 Å². The Hall–Kier alpha value is -3.19. The number of amides is 1. The highest BCUT2D eigenvalue weighted by Crippen LogP contribution is 2.17. The van der Waals surface area contributed by atoms with E-state index < -0.39 is 23.7 Å². The van der Waals surface area contributed by atoms with Crippen LogP contribution in [0.25, 0.3) is 11.0 Å². The molecule has 1 amide bonds. The number of hydrogen-bond acceptors (Lipinski definition) is 6. The van der Waals surface area contributed by atoms with E-state index in [9.17, 15) is 19.5 Å². The summed E-state index contributed by atoms with van der Waals surface area (Å²) in [5, 5.41) is 14.6. The summed E-state index contributed by atoms with van der Waals surface area (Å²) >= 11 is 0. The molecular formula is C53H87NO6. The van der Waals surface area contributed by atoms with Crippen molar-refractivity contribution >= 4 is 22.8 Å². The zero-order valence-corrected chi connectivity index (χ0v) is 38.4. The van der Waals surface area contributed by atoms with Crippen LogP contribution in [0.4, 0.5) is 0 Å². The van der Waals surface area contributed by atoms with Gasteiger partial charge in [0.05, 0.1) is 12.1 Å². The van der Waals surface area contributed by atoms with Crippen molar-refractivity contribution in [3.63, 3.8) is 0 Å². The molecule has 0 aliphatic heterocycles. The van der Waals surface area contributed by atoms with E-state index in [0.29, 0.717) is 17.4 Å². The van der Waals surface area contributed by atoms with Crippen LogP contribution < -0.4 is 10.9 Å².